The lowest BCUT2D eigenvalue weighted by Crippen LogP contribution is -2.59. The van der Waals surface area contributed by atoms with Gasteiger partial charge >= 0.3 is 0 Å². The summed E-state index contributed by atoms with van der Waals surface area (Å²) in [6, 6.07) is -0.183. The maximum atomic E-state index is 9.65. The van der Waals surface area contributed by atoms with E-state index in [2.05, 4.69) is 5.32 Å². The first-order valence-electron chi connectivity index (χ1n) is 4.60. The molecular weight excluding hydrogens is 174 g/mol. The molecule has 0 bridgehead atoms. The van der Waals surface area contributed by atoms with Gasteiger partial charge in [0.2, 0.25) is 0 Å². The normalized spacial score (nSPS) is 50.5. The fourth-order valence-corrected chi connectivity index (χ4v) is 2.09. The first-order chi connectivity index (χ1) is 6.24. The average Bonchev–Trinajstić information content (AvgIpc) is 2.59. The zero-order valence-electron chi connectivity index (χ0n) is 7.26. The van der Waals surface area contributed by atoms with E-state index >= 15 is 0 Å². The number of hydrogen-bond donors (Lipinski definition) is 4. The number of fused-ring (bicyclic) bond motifs is 1. The lowest BCUT2D eigenvalue weighted by molar-refractivity contribution is -0.184. The van der Waals surface area contributed by atoms with E-state index in [0.29, 0.717) is 0 Å². The highest BCUT2D eigenvalue weighted by Gasteiger charge is 2.45. The predicted molar refractivity (Wildman–Crippen MR) is 44.2 cm³/mol. The van der Waals surface area contributed by atoms with Gasteiger partial charge in [-0.05, 0) is 13.0 Å². The van der Waals surface area contributed by atoms with Crippen LogP contribution in [-0.4, -0.2) is 58.9 Å². The van der Waals surface area contributed by atoms with Gasteiger partial charge in [0.1, 0.15) is 18.3 Å². The second-order valence-corrected chi connectivity index (χ2v) is 3.65. The molecule has 5 atom stereocenters. The molecule has 0 aromatic rings. The lowest BCUT2D eigenvalue weighted by Gasteiger charge is -2.39. The van der Waals surface area contributed by atoms with Crippen LogP contribution in [0.1, 0.15) is 6.42 Å². The Morgan fingerprint density at radius 2 is 2.08 bits per heavy atom. The van der Waals surface area contributed by atoms with E-state index in [1.54, 1.807) is 0 Å². The number of hydrogen-bond acceptors (Lipinski definition) is 5. The van der Waals surface area contributed by atoms with Crippen molar-refractivity contribution >= 4 is 0 Å². The maximum absolute atomic E-state index is 9.65. The minimum atomic E-state index is -0.989. The van der Waals surface area contributed by atoms with Crippen LogP contribution < -0.4 is 5.32 Å². The topological polar surface area (TPSA) is 82.0 Å². The Morgan fingerprint density at radius 1 is 1.31 bits per heavy atom. The minimum Gasteiger partial charge on any atom is -0.394 e. The molecule has 76 valence electrons. The zero-order valence-corrected chi connectivity index (χ0v) is 7.26. The Bertz CT molecular complexity index is 189. The molecule has 0 aromatic heterocycles. The summed E-state index contributed by atoms with van der Waals surface area (Å²) < 4.78 is 5.42. The van der Waals surface area contributed by atoms with Crippen LogP contribution in [0.4, 0.5) is 0 Å². The maximum Gasteiger partial charge on any atom is 0.110 e. The molecule has 2 rings (SSSR count). The Labute approximate surface area is 76.3 Å². The molecule has 2 saturated heterocycles. The quantitative estimate of drug-likeness (QED) is 0.377. The Hall–Kier alpha value is -0.200. The van der Waals surface area contributed by atoms with E-state index in [4.69, 9.17) is 9.84 Å². The molecule has 4 N–H and O–H groups in total. The van der Waals surface area contributed by atoms with Crippen molar-refractivity contribution in [2.45, 2.75) is 36.9 Å². The van der Waals surface area contributed by atoms with E-state index < -0.39 is 18.3 Å². The summed E-state index contributed by atoms with van der Waals surface area (Å²) in [6.45, 7) is 0.540. The third-order valence-electron chi connectivity index (χ3n) is 2.84. The van der Waals surface area contributed by atoms with Gasteiger partial charge in [-0.2, -0.15) is 0 Å². The van der Waals surface area contributed by atoms with Crippen LogP contribution in [0.15, 0.2) is 0 Å². The van der Waals surface area contributed by atoms with E-state index in [1.807, 2.05) is 0 Å². The zero-order chi connectivity index (χ0) is 9.42. The Kier molecular flexibility index (Phi) is 2.53. The van der Waals surface area contributed by atoms with Crippen molar-refractivity contribution in [3.63, 3.8) is 0 Å². The van der Waals surface area contributed by atoms with Gasteiger partial charge in [-0.15, -0.1) is 0 Å². The SMILES string of the molecule is OCC1O[C@@H]2CCNC2[C@@H](O)[C@H]1O. The summed E-state index contributed by atoms with van der Waals surface area (Å²) in [5.74, 6) is 0. The van der Waals surface area contributed by atoms with Crippen LogP contribution in [-0.2, 0) is 4.74 Å². The molecule has 0 spiro atoms. The van der Waals surface area contributed by atoms with Gasteiger partial charge in [0, 0.05) is 0 Å². The van der Waals surface area contributed by atoms with Gasteiger partial charge in [0.05, 0.1) is 18.8 Å². The molecule has 5 heteroatoms. The third kappa shape index (κ3) is 1.47. The molecule has 0 aromatic carbocycles. The van der Waals surface area contributed by atoms with Crippen molar-refractivity contribution in [2.75, 3.05) is 13.2 Å². The summed E-state index contributed by atoms with van der Waals surface area (Å²) in [4.78, 5) is 0. The Morgan fingerprint density at radius 3 is 2.77 bits per heavy atom. The summed E-state index contributed by atoms with van der Waals surface area (Å²) in [5.41, 5.74) is 0. The first-order valence-corrected chi connectivity index (χ1v) is 4.60. The molecule has 13 heavy (non-hydrogen) atoms. The number of aliphatic hydroxyl groups excluding tert-OH is 3. The fourth-order valence-electron chi connectivity index (χ4n) is 2.09. The van der Waals surface area contributed by atoms with Gasteiger partial charge in [-0.3, -0.25) is 0 Å². The molecule has 5 nitrogen and oxygen atoms in total. The number of rotatable bonds is 1. The summed E-state index contributed by atoms with van der Waals surface area (Å²) >= 11 is 0. The molecule has 0 aliphatic carbocycles. The van der Waals surface area contributed by atoms with Gasteiger partial charge in [0.15, 0.2) is 0 Å². The summed E-state index contributed by atoms with van der Waals surface area (Å²) in [6.07, 6.45) is -1.72. The van der Waals surface area contributed by atoms with Crippen LogP contribution in [0.2, 0.25) is 0 Å². The van der Waals surface area contributed by atoms with Crippen LogP contribution in [0.5, 0.6) is 0 Å². The molecule has 2 unspecified atom stereocenters. The standard InChI is InChI=1S/C8H15NO4/c10-3-5-7(11)8(12)6-4(13-5)1-2-9-6/h4-12H,1-3H2/t4-,5?,6?,7+,8-/m1/s1. The van der Waals surface area contributed by atoms with Crippen molar-refractivity contribution in [3.8, 4) is 0 Å². The van der Waals surface area contributed by atoms with Gasteiger partial charge in [-0.25, -0.2) is 0 Å². The highest BCUT2D eigenvalue weighted by atomic mass is 16.5. The largest absolute Gasteiger partial charge is 0.394 e. The number of aliphatic hydroxyl groups is 3. The van der Waals surface area contributed by atoms with E-state index in [9.17, 15) is 10.2 Å². The average molecular weight is 189 g/mol. The van der Waals surface area contributed by atoms with Gasteiger partial charge in [0.25, 0.3) is 0 Å². The van der Waals surface area contributed by atoms with E-state index in [1.165, 1.54) is 0 Å². The molecule has 2 heterocycles. The van der Waals surface area contributed by atoms with Crippen LogP contribution in [0.3, 0.4) is 0 Å². The molecule has 0 radical (unpaired) electrons. The van der Waals surface area contributed by atoms with Crippen LogP contribution in [0.25, 0.3) is 0 Å². The van der Waals surface area contributed by atoms with E-state index in [-0.39, 0.29) is 18.8 Å². The number of nitrogens with one attached hydrogen (secondary N) is 1. The van der Waals surface area contributed by atoms with Crippen molar-refractivity contribution in [1.29, 1.82) is 0 Å². The summed E-state index contributed by atoms with van der Waals surface area (Å²) in [5, 5.41) is 31.1. The fraction of sp³-hybridized carbons (Fsp3) is 1.00. The molecule has 0 saturated carbocycles. The molecule has 2 aliphatic heterocycles. The van der Waals surface area contributed by atoms with Gasteiger partial charge in [-0.1, -0.05) is 0 Å². The molecule has 0 amide bonds. The van der Waals surface area contributed by atoms with Crippen molar-refractivity contribution in [1.82, 2.24) is 5.32 Å². The van der Waals surface area contributed by atoms with Gasteiger partial charge < -0.3 is 25.4 Å². The molecule has 2 aliphatic rings. The monoisotopic (exact) mass is 189 g/mol. The highest BCUT2D eigenvalue weighted by Crippen LogP contribution is 2.25. The predicted octanol–water partition coefficient (Wildman–Crippen LogP) is -2.17. The van der Waals surface area contributed by atoms with E-state index in [0.717, 1.165) is 13.0 Å². The van der Waals surface area contributed by atoms with Crippen LogP contribution in [0, 0.1) is 0 Å². The number of ether oxygens (including phenoxy) is 1. The lowest BCUT2D eigenvalue weighted by atomic mass is 9.94. The third-order valence-corrected chi connectivity index (χ3v) is 2.84. The Balaban J connectivity index is 2.08. The van der Waals surface area contributed by atoms with Crippen molar-refractivity contribution in [2.24, 2.45) is 0 Å². The molecule has 2 fully saturated rings. The summed E-state index contributed by atoms with van der Waals surface area (Å²) in [7, 11) is 0. The second kappa shape index (κ2) is 3.51. The van der Waals surface area contributed by atoms with Crippen LogP contribution >= 0.6 is 0 Å². The second-order valence-electron chi connectivity index (χ2n) is 3.65. The first kappa shape index (κ1) is 9.36. The minimum absolute atomic E-state index is 0.0736. The van der Waals surface area contributed by atoms with Crippen molar-refractivity contribution < 1.29 is 20.1 Å². The molecular formula is C8H15NO4. The van der Waals surface area contributed by atoms with Crippen molar-refractivity contribution in [3.05, 3.63) is 0 Å². The smallest absolute Gasteiger partial charge is 0.110 e. The highest BCUT2D eigenvalue weighted by molar-refractivity contribution is 4.99.